The Bertz CT molecular complexity index is 368. The van der Waals surface area contributed by atoms with E-state index in [0.29, 0.717) is 0 Å². The van der Waals surface area contributed by atoms with Gasteiger partial charge in [-0.3, -0.25) is 0 Å². The molecule has 0 unspecified atom stereocenters. The van der Waals surface area contributed by atoms with Crippen LogP contribution in [0.3, 0.4) is 0 Å². The monoisotopic (exact) mass is 491 g/mol. The number of hydrogen-bond donors (Lipinski definition) is 0. The van der Waals surface area contributed by atoms with Crippen LogP contribution in [0.5, 0.6) is 0 Å². The normalized spacial score (nSPS) is 11.7. The van der Waals surface area contributed by atoms with Crippen molar-refractivity contribution in [2.75, 3.05) is 0 Å². The third kappa shape index (κ3) is 33.7. The van der Waals surface area contributed by atoms with E-state index < -0.39 is 0 Å². The molecule has 0 atom stereocenters. The van der Waals surface area contributed by atoms with Gasteiger partial charge in [0.15, 0.2) is 0 Å². The largest absolute Gasteiger partial charge is 0.0885 e. The van der Waals surface area contributed by atoms with Gasteiger partial charge in [0.25, 0.3) is 0 Å². The summed E-state index contributed by atoms with van der Waals surface area (Å²) in [5.74, 6) is 0. The summed E-state index contributed by atoms with van der Waals surface area (Å²) in [6.07, 6.45) is 49.9. The summed E-state index contributed by atoms with van der Waals surface area (Å²) in [5.41, 5.74) is 0. The van der Waals surface area contributed by atoms with Crippen molar-refractivity contribution in [1.82, 2.24) is 0 Å². The van der Waals surface area contributed by atoms with E-state index in [1.165, 1.54) is 199 Å². The van der Waals surface area contributed by atoms with Gasteiger partial charge < -0.3 is 0 Å². The van der Waals surface area contributed by atoms with Gasteiger partial charge in [0.05, 0.1) is 0 Å². The van der Waals surface area contributed by atoms with Crippen LogP contribution in [0.25, 0.3) is 0 Å². The molecule has 0 aromatic heterocycles. The lowest BCUT2D eigenvalue weighted by Gasteiger charge is -2.03. The zero-order valence-corrected chi connectivity index (χ0v) is 25.1. The maximum absolute atomic E-state index is 2.46. The molecule has 0 heteroatoms. The minimum atomic E-state index is 1.32. The Hall–Kier alpha value is -0.260. The Morgan fingerprint density at radius 1 is 0.229 bits per heavy atom. The van der Waals surface area contributed by atoms with Crippen molar-refractivity contribution >= 4 is 0 Å². The van der Waals surface area contributed by atoms with Crippen LogP contribution in [0.15, 0.2) is 12.2 Å². The summed E-state index contributed by atoms with van der Waals surface area (Å²) >= 11 is 0. The summed E-state index contributed by atoms with van der Waals surface area (Å²) in [6, 6.07) is 0. The van der Waals surface area contributed by atoms with E-state index in [2.05, 4.69) is 26.0 Å². The molecule has 0 nitrogen and oxygen atoms in total. The maximum Gasteiger partial charge on any atom is -0.0351 e. The molecule has 0 bridgehead atoms. The summed E-state index contributed by atoms with van der Waals surface area (Å²) in [5, 5.41) is 0. The van der Waals surface area contributed by atoms with Gasteiger partial charge in [-0.25, -0.2) is 0 Å². The first-order valence-corrected chi connectivity index (χ1v) is 17.1. The molecule has 0 aliphatic rings. The summed E-state index contributed by atoms with van der Waals surface area (Å²) < 4.78 is 0. The van der Waals surface area contributed by atoms with Crippen LogP contribution in [0.4, 0.5) is 0 Å². The van der Waals surface area contributed by atoms with Crippen molar-refractivity contribution in [2.45, 2.75) is 213 Å². The third-order valence-electron chi connectivity index (χ3n) is 7.87. The highest BCUT2D eigenvalue weighted by Crippen LogP contribution is 2.15. The summed E-state index contributed by atoms with van der Waals surface area (Å²) in [7, 11) is 0. The van der Waals surface area contributed by atoms with Gasteiger partial charge in [0.1, 0.15) is 0 Å². The van der Waals surface area contributed by atoms with Crippen molar-refractivity contribution in [2.24, 2.45) is 0 Å². The lowest BCUT2D eigenvalue weighted by molar-refractivity contribution is 0.525. The van der Waals surface area contributed by atoms with Crippen molar-refractivity contribution < 1.29 is 0 Å². The number of unbranched alkanes of at least 4 members (excludes halogenated alkanes) is 29. The number of hydrogen-bond acceptors (Lipinski definition) is 0. The second kappa shape index (κ2) is 33.7. The fraction of sp³-hybridized carbons (Fsp3) is 0.943. The predicted molar refractivity (Wildman–Crippen MR) is 164 cm³/mol. The molecule has 0 aromatic carbocycles. The van der Waals surface area contributed by atoms with Crippen LogP contribution in [0.2, 0.25) is 0 Å². The van der Waals surface area contributed by atoms with Gasteiger partial charge in [0, 0.05) is 0 Å². The topological polar surface area (TPSA) is 0 Å². The quantitative estimate of drug-likeness (QED) is 0.0669. The van der Waals surface area contributed by atoms with Crippen molar-refractivity contribution in [3.63, 3.8) is 0 Å². The lowest BCUT2D eigenvalue weighted by atomic mass is 10.0. The molecule has 0 amide bonds. The Balaban J connectivity index is 3.06. The molecule has 0 aliphatic carbocycles. The van der Waals surface area contributed by atoms with E-state index in [-0.39, 0.29) is 0 Å². The Labute approximate surface area is 224 Å². The van der Waals surface area contributed by atoms with Crippen LogP contribution < -0.4 is 0 Å². The van der Waals surface area contributed by atoms with Crippen molar-refractivity contribution in [3.8, 4) is 0 Å². The molecule has 0 fully saturated rings. The highest BCUT2D eigenvalue weighted by molar-refractivity contribution is 4.81. The smallest absolute Gasteiger partial charge is 0.0351 e. The van der Waals surface area contributed by atoms with Crippen molar-refractivity contribution in [3.05, 3.63) is 12.2 Å². The maximum atomic E-state index is 2.46. The van der Waals surface area contributed by atoms with Crippen LogP contribution in [-0.4, -0.2) is 0 Å². The Morgan fingerprint density at radius 3 is 0.600 bits per heavy atom. The molecular formula is C35H70. The molecule has 0 rings (SSSR count). The fourth-order valence-corrected chi connectivity index (χ4v) is 5.33. The summed E-state index contributed by atoms with van der Waals surface area (Å²) in [4.78, 5) is 0. The average Bonchev–Trinajstić information content (AvgIpc) is 2.87. The zero-order chi connectivity index (χ0) is 25.3. The fourth-order valence-electron chi connectivity index (χ4n) is 5.33. The Kier molecular flexibility index (Phi) is 33.5. The van der Waals surface area contributed by atoms with Gasteiger partial charge in [0.2, 0.25) is 0 Å². The van der Waals surface area contributed by atoms with E-state index in [0.717, 1.165) is 0 Å². The van der Waals surface area contributed by atoms with Crippen molar-refractivity contribution in [1.29, 1.82) is 0 Å². The molecule has 35 heavy (non-hydrogen) atoms. The van der Waals surface area contributed by atoms with Gasteiger partial charge in [-0.05, 0) is 25.7 Å². The molecule has 0 heterocycles. The second-order valence-corrected chi connectivity index (χ2v) is 11.6. The van der Waals surface area contributed by atoms with Crippen LogP contribution in [0.1, 0.15) is 213 Å². The molecule has 210 valence electrons. The van der Waals surface area contributed by atoms with Gasteiger partial charge in [-0.1, -0.05) is 199 Å². The third-order valence-corrected chi connectivity index (χ3v) is 7.87. The molecule has 0 saturated carbocycles. The van der Waals surface area contributed by atoms with Gasteiger partial charge in [-0.15, -0.1) is 0 Å². The number of allylic oxidation sites excluding steroid dienone is 2. The van der Waals surface area contributed by atoms with E-state index in [4.69, 9.17) is 0 Å². The van der Waals surface area contributed by atoms with Crippen LogP contribution in [-0.2, 0) is 0 Å². The van der Waals surface area contributed by atoms with E-state index in [1.807, 2.05) is 0 Å². The SMILES string of the molecule is CCCCCCCCCCCCCC=CCCCCCCCCCCCCCCCCCCCC. The minimum Gasteiger partial charge on any atom is -0.0885 e. The first-order chi connectivity index (χ1) is 17.4. The first-order valence-electron chi connectivity index (χ1n) is 17.1. The second-order valence-electron chi connectivity index (χ2n) is 11.6. The Morgan fingerprint density at radius 2 is 0.400 bits per heavy atom. The van der Waals surface area contributed by atoms with Crippen LogP contribution >= 0.6 is 0 Å². The predicted octanol–water partition coefficient (Wildman–Crippen LogP) is 13.7. The molecule has 0 N–H and O–H groups in total. The molecular weight excluding hydrogens is 420 g/mol. The van der Waals surface area contributed by atoms with E-state index >= 15 is 0 Å². The number of rotatable bonds is 31. The van der Waals surface area contributed by atoms with Gasteiger partial charge in [-0.2, -0.15) is 0 Å². The van der Waals surface area contributed by atoms with E-state index in [9.17, 15) is 0 Å². The molecule has 0 spiro atoms. The van der Waals surface area contributed by atoms with E-state index in [1.54, 1.807) is 0 Å². The lowest BCUT2D eigenvalue weighted by Crippen LogP contribution is -1.84. The molecule has 0 radical (unpaired) electrons. The zero-order valence-electron chi connectivity index (χ0n) is 25.1. The average molecular weight is 491 g/mol. The van der Waals surface area contributed by atoms with Crippen LogP contribution in [0, 0.1) is 0 Å². The first kappa shape index (κ1) is 34.7. The highest BCUT2D eigenvalue weighted by atomic mass is 14.0. The molecule has 0 saturated heterocycles. The van der Waals surface area contributed by atoms with Gasteiger partial charge >= 0.3 is 0 Å². The molecule has 0 aromatic rings. The standard InChI is InChI=1S/C35H70/c1-3-5-7-9-11-13-15-17-19-21-23-25-27-29-31-33-35-34-32-30-28-26-24-22-20-18-16-14-12-10-8-6-4-2/h27,29H,3-26,28,30-35H2,1-2H3. The highest BCUT2D eigenvalue weighted by Gasteiger charge is 1.95. The summed E-state index contributed by atoms with van der Waals surface area (Å²) in [6.45, 7) is 4.61. The minimum absolute atomic E-state index is 1.32. The molecule has 0 aliphatic heterocycles.